The molecule has 2 aliphatic rings. The van der Waals surface area contributed by atoms with Gasteiger partial charge in [0.1, 0.15) is 17.3 Å². The molecular formula is C25H25Cl2N7O3. The van der Waals surface area contributed by atoms with E-state index in [1.165, 1.54) is 26.6 Å². The third-order valence-electron chi connectivity index (χ3n) is 6.36. The zero-order valence-electron chi connectivity index (χ0n) is 20.6. The first-order valence-corrected chi connectivity index (χ1v) is 12.4. The van der Waals surface area contributed by atoms with Crippen LogP contribution < -0.4 is 19.7 Å². The fourth-order valence-corrected chi connectivity index (χ4v) is 4.92. The Morgan fingerprint density at radius 1 is 1.00 bits per heavy atom. The normalized spacial score (nSPS) is 15.3. The Morgan fingerprint density at radius 3 is 2.27 bits per heavy atom. The number of carbonyl (C=O) groups excluding carboxylic acids is 1. The Labute approximate surface area is 224 Å². The van der Waals surface area contributed by atoms with Crippen LogP contribution in [0.3, 0.4) is 0 Å². The Morgan fingerprint density at radius 2 is 1.65 bits per heavy atom. The number of halogens is 2. The summed E-state index contributed by atoms with van der Waals surface area (Å²) in [5, 5.41) is 3.51. The number of ether oxygens (including phenoxy) is 2. The number of rotatable bonds is 5. The first-order chi connectivity index (χ1) is 17.9. The number of benzene rings is 1. The predicted octanol–water partition coefficient (Wildman–Crippen LogP) is 3.30. The van der Waals surface area contributed by atoms with Gasteiger partial charge in [0.05, 0.1) is 47.8 Å². The number of pyridine rings is 1. The number of aliphatic imine (C=N–C) groups is 1. The maximum atomic E-state index is 12.9. The number of nitrogens with zero attached hydrogens (tertiary/aromatic N) is 6. The van der Waals surface area contributed by atoms with E-state index < -0.39 is 0 Å². The topological polar surface area (TPSA) is 105 Å². The molecule has 192 valence electrons. The van der Waals surface area contributed by atoms with Gasteiger partial charge in [0.15, 0.2) is 0 Å². The molecule has 2 aromatic heterocycles. The van der Waals surface area contributed by atoms with E-state index in [1.54, 1.807) is 12.1 Å². The third kappa shape index (κ3) is 4.92. The van der Waals surface area contributed by atoms with Gasteiger partial charge < -0.3 is 24.6 Å². The molecule has 0 unspecified atom stereocenters. The van der Waals surface area contributed by atoms with Crippen molar-refractivity contribution in [2.24, 2.45) is 4.99 Å². The van der Waals surface area contributed by atoms with E-state index in [-0.39, 0.29) is 5.91 Å². The smallest absolute Gasteiger partial charge is 0.259 e. The lowest BCUT2D eigenvalue weighted by atomic mass is 10.1. The molecule has 3 aromatic rings. The Balaban J connectivity index is 1.33. The van der Waals surface area contributed by atoms with Crippen LogP contribution in [0.15, 0.2) is 35.6 Å². The number of nitrogens with one attached hydrogen (secondary N) is 1. The molecule has 5 rings (SSSR count). The molecule has 10 nitrogen and oxygen atoms in total. The van der Waals surface area contributed by atoms with E-state index >= 15 is 0 Å². The molecule has 0 radical (unpaired) electrons. The highest BCUT2D eigenvalue weighted by Gasteiger charge is 2.25. The van der Waals surface area contributed by atoms with Gasteiger partial charge in [-0.1, -0.05) is 23.2 Å². The molecule has 0 spiro atoms. The van der Waals surface area contributed by atoms with Crippen LogP contribution >= 0.6 is 23.2 Å². The van der Waals surface area contributed by atoms with E-state index in [1.807, 2.05) is 6.07 Å². The van der Waals surface area contributed by atoms with Crippen molar-refractivity contribution in [1.82, 2.24) is 25.2 Å². The van der Waals surface area contributed by atoms with Crippen molar-refractivity contribution in [1.29, 1.82) is 0 Å². The highest BCUT2D eigenvalue weighted by atomic mass is 35.5. The maximum Gasteiger partial charge on any atom is 0.259 e. The number of hydrogen-bond donors (Lipinski definition) is 1. The number of fused-ring (bicyclic) bond motifs is 1. The molecular weight excluding hydrogens is 517 g/mol. The van der Waals surface area contributed by atoms with Crippen molar-refractivity contribution in [3.8, 4) is 22.8 Å². The van der Waals surface area contributed by atoms with Crippen molar-refractivity contribution in [3.05, 3.63) is 57.5 Å². The SMILES string of the molecule is COc1cc(OC)c(Cl)c(-c2ccc3c(n2)CN=C3NC(=O)c2cnc(N3CCN(C)CC3)nc2)c1Cl. The van der Waals surface area contributed by atoms with Crippen LogP contribution in [0.1, 0.15) is 21.6 Å². The van der Waals surface area contributed by atoms with E-state index in [0.29, 0.717) is 68.0 Å². The lowest BCUT2D eigenvalue weighted by Gasteiger charge is -2.32. The second-order valence-corrected chi connectivity index (χ2v) is 9.41. The maximum absolute atomic E-state index is 12.9. The number of methoxy groups -OCH3 is 2. The number of anilines is 1. The van der Waals surface area contributed by atoms with Crippen LogP contribution in [0.25, 0.3) is 11.3 Å². The lowest BCUT2D eigenvalue weighted by molar-refractivity contribution is 0.0976. The number of hydrogen-bond acceptors (Lipinski definition) is 9. The van der Waals surface area contributed by atoms with E-state index in [4.69, 9.17) is 37.7 Å². The van der Waals surface area contributed by atoms with Crippen LogP contribution in [0.5, 0.6) is 11.5 Å². The average molecular weight is 542 g/mol. The minimum atomic E-state index is -0.343. The van der Waals surface area contributed by atoms with Gasteiger partial charge in [0, 0.05) is 55.8 Å². The second-order valence-electron chi connectivity index (χ2n) is 8.66. The first-order valence-electron chi connectivity index (χ1n) is 11.6. The fraction of sp³-hybridized carbons (Fsp3) is 0.320. The summed E-state index contributed by atoms with van der Waals surface area (Å²) in [6, 6.07) is 5.22. The highest BCUT2D eigenvalue weighted by molar-refractivity contribution is 6.41. The highest BCUT2D eigenvalue weighted by Crippen LogP contribution is 2.45. The zero-order valence-corrected chi connectivity index (χ0v) is 22.1. The summed E-state index contributed by atoms with van der Waals surface area (Å²) in [4.78, 5) is 35.2. The molecule has 1 fully saturated rings. The summed E-state index contributed by atoms with van der Waals surface area (Å²) < 4.78 is 10.7. The van der Waals surface area contributed by atoms with Gasteiger partial charge in [-0.05, 0) is 19.2 Å². The van der Waals surface area contributed by atoms with Crippen LogP contribution in [-0.2, 0) is 6.54 Å². The Hall–Kier alpha value is -3.47. The monoisotopic (exact) mass is 541 g/mol. The molecule has 0 aliphatic carbocycles. The van der Waals surface area contributed by atoms with Crippen molar-refractivity contribution >= 4 is 40.9 Å². The molecule has 0 atom stereocenters. The van der Waals surface area contributed by atoms with Crippen LogP contribution in [0, 0.1) is 0 Å². The molecule has 0 saturated carbocycles. The van der Waals surface area contributed by atoms with Crippen molar-refractivity contribution in [2.75, 3.05) is 52.3 Å². The number of piperazine rings is 1. The lowest BCUT2D eigenvalue weighted by Crippen LogP contribution is -2.45. The van der Waals surface area contributed by atoms with Crippen LogP contribution in [-0.4, -0.2) is 79.0 Å². The molecule has 1 amide bonds. The third-order valence-corrected chi connectivity index (χ3v) is 7.11. The van der Waals surface area contributed by atoms with Crippen LogP contribution in [0.2, 0.25) is 10.0 Å². The molecule has 1 aromatic carbocycles. The van der Waals surface area contributed by atoms with Gasteiger partial charge in [0.25, 0.3) is 5.91 Å². The van der Waals surface area contributed by atoms with E-state index in [2.05, 4.69) is 37.1 Å². The predicted molar refractivity (Wildman–Crippen MR) is 142 cm³/mol. The van der Waals surface area contributed by atoms with Gasteiger partial charge in [-0.2, -0.15) is 0 Å². The molecule has 37 heavy (non-hydrogen) atoms. The largest absolute Gasteiger partial charge is 0.495 e. The molecule has 0 bridgehead atoms. The number of likely N-dealkylation sites (N-methyl/N-ethyl adjacent to an activating group) is 1. The Bertz CT molecular complexity index is 1350. The average Bonchev–Trinajstić information content (AvgIpc) is 3.31. The summed E-state index contributed by atoms with van der Waals surface area (Å²) in [6.45, 7) is 3.90. The molecule has 1 saturated heterocycles. The van der Waals surface area contributed by atoms with Crippen molar-refractivity contribution < 1.29 is 14.3 Å². The number of carbonyl (C=O) groups is 1. The molecule has 2 aliphatic heterocycles. The zero-order chi connectivity index (χ0) is 26.1. The van der Waals surface area contributed by atoms with Gasteiger partial charge in [-0.25, -0.2) is 15.0 Å². The summed E-state index contributed by atoms with van der Waals surface area (Å²) >= 11 is 13.1. The van der Waals surface area contributed by atoms with Gasteiger partial charge in [-0.15, -0.1) is 0 Å². The van der Waals surface area contributed by atoms with Crippen molar-refractivity contribution in [3.63, 3.8) is 0 Å². The second kappa shape index (κ2) is 10.5. The van der Waals surface area contributed by atoms with Crippen LogP contribution in [0.4, 0.5) is 5.95 Å². The van der Waals surface area contributed by atoms with E-state index in [0.717, 1.165) is 26.2 Å². The molecule has 4 heterocycles. The number of aromatic nitrogens is 3. The first kappa shape index (κ1) is 25.2. The minimum Gasteiger partial charge on any atom is -0.495 e. The Kier molecular flexibility index (Phi) is 7.14. The molecule has 12 heteroatoms. The number of amides is 1. The van der Waals surface area contributed by atoms with Gasteiger partial charge in [-0.3, -0.25) is 9.79 Å². The summed E-state index contributed by atoms with van der Waals surface area (Å²) in [6.07, 6.45) is 3.07. The fourth-order valence-electron chi connectivity index (χ4n) is 4.22. The summed E-state index contributed by atoms with van der Waals surface area (Å²) in [7, 11) is 5.12. The quantitative estimate of drug-likeness (QED) is 0.524. The number of amidine groups is 1. The standard InChI is InChI=1S/C25H25Cl2N7O3/c1-33-6-8-34(9-7-33)25-29-11-14(12-30-25)24(35)32-23-15-4-5-16(31-17(15)13-28-23)20-21(26)18(36-2)10-19(37-3)22(20)27/h4-5,10-12H,6-9,13H2,1-3H3,(H,28,32,35). The minimum absolute atomic E-state index is 0.300. The molecule has 1 N–H and O–H groups in total. The van der Waals surface area contributed by atoms with Crippen molar-refractivity contribution in [2.45, 2.75) is 6.54 Å². The van der Waals surface area contributed by atoms with Gasteiger partial charge in [0.2, 0.25) is 5.95 Å². The summed E-state index contributed by atoms with van der Waals surface area (Å²) in [5.41, 5.74) is 2.79. The van der Waals surface area contributed by atoms with E-state index in [9.17, 15) is 4.79 Å². The van der Waals surface area contributed by atoms with Gasteiger partial charge >= 0.3 is 0 Å². The summed E-state index contributed by atoms with van der Waals surface area (Å²) in [5.74, 6) is 1.55.